The van der Waals surface area contributed by atoms with Crippen molar-refractivity contribution >= 4 is 41.7 Å². The Labute approximate surface area is 198 Å². The van der Waals surface area contributed by atoms with Crippen molar-refractivity contribution in [1.29, 1.82) is 0 Å². The molecule has 5 nitrogen and oxygen atoms in total. The zero-order chi connectivity index (χ0) is 19.9. The summed E-state index contributed by atoms with van der Waals surface area (Å²) in [7, 11) is 1.83. The molecule has 1 fully saturated rings. The third-order valence-electron chi connectivity index (χ3n) is 5.04. The molecule has 1 aliphatic rings. The summed E-state index contributed by atoms with van der Waals surface area (Å²) in [5, 5.41) is 6.75. The van der Waals surface area contributed by atoms with Crippen LogP contribution < -0.4 is 10.6 Å². The molecule has 0 bridgehead atoms. The van der Waals surface area contributed by atoms with E-state index in [-0.39, 0.29) is 24.0 Å². The van der Waals surface area contributed by atoms with E-state index in [1.807, 2.05) is 18.8 Å². The zero-order valence-corrected chi connectivity index (χ0v) is 21.2. The van der Waals surface area contributed by atoms with E-state index >= 15 is 0 Å². The first-order valence-corrected chi connectivity index (χ1v) is 12.0. The Morgan fingerprint density at radius 2 is 1.79 bits per heavy atom. The Kier molecular flexibility index (Phi) is 15.7. The predicted octanol–water partition coefficient (Wildman–Crippen LogP) is 3.98. The van der Waals surface area contributed by atoms with Gasteiger partial charge in [-0.05, 0) is 49.7 Å². The van der Waals surface area contributed by atoms with Crippen molar-refractivity contribution in [2.45, 2.75) is 44.8 Å². The van der Waals surface area contributed by atoms with Gasteiger partial charge in [0.1, 0.15) is 0 Å². The van der Waals surface area contributed by atoms with Gasteiger partial charge < -0.3 is 15.4 Å². The summed E-state index contributed by atoms with van der Waals surface area (Å²) < 4.78 is 6.09. The van der Waals surface area contributed by atoms with Crippen LogP contribution in [-0.2, 0) is 11.3 Å². The molecule has 1 aromatic carbocycles. The van der Waals surface area contributed by atoms with Crippen molar-refractivity contribution in [3.63, 3.8) is 0 Å². The monoisotopic (exact) mass is 534 g/mol. The lowest BCUT2D eigenvalue weighted by Gasteiger charge is -2.32. The molecular formula is C22H39IN4OS. The van der Waals surface area contributed by atoms with Crippen molar-refractivity contribution < 1.29 is 4.74 Å². The molecule has 1 heterocycles. The summed E-state index contributed by atoms with van der Waals surface area (Å²) in [5.41, 5.74) is 1.40. The van der Waals surface area contributed by atoms with Crippen LogP contribution in [-0.4, -0.2) is 68.8 Å². The van der Waals surface area contributed by atoms with Crippen LogP contribution in [0.25, 0.3) is 0 Å². The van der Waals surface area contributed by atoms with E-state index in [4.69, 9.17) is 4.74 Å². The van der Waals surface area contributed by atoms with Crippen LogP contribution in [0.1, 0.15) is 37.7 Å². The van der Waals surface area contributed by atoms with Crippen molar-refractivity contribution in [1.82, 2.24) is 15.5 Å². The van der Waals surface area contributed by atoms with Gasteiger partial charge in [-0.1, -0.05) is 30.3 Å². The second kappa shape index (κ2) is 17.2. The molecule has 0 radical (unpaired) electrons. The number of nitrogens with zero attached hydrogens (tertiary/aromatic N) is 2. The van der Waals surface area contributed by atoms with E-state index in [1.54, 1.807) is 0 Å². The van der Waals surface area contributed by atoms with E-state index < -0.39 is 0 Å². The minimum atomic E-state index is 0. The van der Waals surface area contributed by atoms with Gasteiger partial charge in [-0.3, -0.25) is 9.89 Å². The molecule has 0 saturated carbocycles. The number of ether oxygens (including phenoxy) is 1. The Balaban J connectivity index is 0.00000420. The molecular weight excluding hydrogens is 495 g/mol. The second-order valence-electron chi connectivity index (χ2n) is 7.31. The van der Waals surface area contributed by atoms with Gasteiger partial charge in [0.25, 0.3) is 0 Å². The molecule has 0 aromatic heterocycles. The van der Waals surface area contributed by atoms with Gasteiger partial charge in [-0.25, -0.2) is 0 Å². The fraction of sp³-hybridized carbons (Fsp3) is 0.682. The first kappa shape index (κ1) is 26.5. The van der Waals surface area contributed by atoms with Crippen molar-refractivity contribution in [3.05, 3.63) is 35.9 Å². The number of benzene rings is 1. The van der Waals surface area contributed by atoms with Gasteiger partial charge in [0, 0.05) is 46.4 Å². The number of hydrogen-bond acceptors (Lipinski definition) is 4. The van der Waals surface area contributed by atoms with E-state index in [9.17, 15) is 0 Å². The number of piperidine rings is 1. The largest absolute Gasteiger partial charge is 0.378 e. The van der Waals surface area contributed by atoms with E-state index in [1.165, 1.54) is 24.2 Å². The number of likely N-dealkylation sites (tertiary alicyclic amines) is 1. The molecule has 29 heavy (non-hydrogen) atoms. The molecule has 166 valence electrons. The highest BCUT2D eigenvalue weighted by Crippen LogP contribution is 2.16. The molecule has 1 aromatic rings. The zero-order valence-electron chi connectivity index (χ0n) is 18.1. The number of rotatable bonds is 12. The summed E-state index contributed by atoms with van der Waals surface area (Å²) in [4.78, 5) is 6.81. The Hall–Kier alpha value is -0.510. The van der Waals surface area contributed by atoms with Crippen molar-refractivity contribution in [2.24, 2.45) is 4.99 Å². The average Bonchev–Trinajstić information content (AvgIpc) is 2.74. The van der Waals surface area contributed by atoms with Gasteiger partial charge in [0.2, 0.25) is 0 Å². The van der Waals surface area contributed by atoms with Crippen LogP contribution in [0.15, 0.2) is 35.3 Å². The quantitative estimate of drug-likeness (QED) is 0.184. The number of hydrogen-bond donors (Lipinski definition) is 2. The van der Waals surface area contributed by atoms with Gasteiger partial charge in [0.15, 0.2) is 5.96 Å². The SMILES string of the molecule is CN=C(NCCCCSC)NCCCOC1CCN(Cc2ccccc2)CC1.I. The molecule has 2 N–H and O–H groups in total. The van der Waals surface area contributed by atoms with E-state index in [2.05, 4.69) is 57.1 Å². The minimum absolute atomic E-state index is 0. The highest BCUT2D eigenvalue weighted by atomic mass is 127. The van der Waals surface area contributed by atoms with Crippen LogP contribution in [0.4, 0.5) is 0 Å². The first-order valence-electron chi connectivity index (χ1n) is 10.6. The molecule has 0 spiro atoms. The van der Waals surface area contributed by atoms with Gasteiger partial charge in [-0.2, -0.15) is 11.8 Å². The molecule has 1 aliphatic heterocycles. The molecule has 1 saturated heterocycles. The number of thioether (sulfide) groups is 1. The molecule has 0 unspecified atom stereocenters. The van der Waals surface area contributed by atoms with Crippen LogP contribution in [0.3, 0.4) is 0 Å². The molecule has 7 heteroatoms. The molecule has 0 amide bonds. The summed E-state index contributed by atoms with van der Waals surface area (Å²) in [5.74, 6) is 2.13. The van der Waals surface area contributed by atoms with Gasteiger partial charge in [0.05, 0.1) is 6.10 Å². The normalized spacial score (nSPS) is 15.7. The maximum Gasteiger partial charge on any atom is 0.190 e. The highest BCUT2D eigenvalue weighted by molar-refractivity contribution is 14.0. The number of halogens is 1. The lowest BCUT2D eigenvalue weighted by atomic mass is 10.1. The number of aliphatic imine (C=N–C) groups is 1. The minimum Gasteiger partial charge on any atom is -0.378 e. The molecule has 2 rings (SSSR count). The predicted molar refractivity (Wildman–Crippen MR) is 138 cm³/mol. The van der Waals surface area contributed by atoms with Crippen LogP contribution in [0.2, 0.25) is 0 Å². The molecule has 0 atom stereocenters. The average molecular weight is 535 g/mol. The lowest BCUT2D eigenvalue weighted by Crippen LogP contribution is -2.39. The summed E-state index contributed by atoms with van der Waals surface area (Å²) in [6, 6.07) is 10.7. The van der Waals surface area contributed by atoms with Crippen molar-refractivity contribution in [3.8, 4) is 0 Å². The maximum atomic E-state index is 6.09. The third kappa shape index (κ3) is 12.1. The maximum absolute atomic E-state index is 6.09. The van der Waals surface area contributed by atoms with Crippen LogP contribution in [0.5, 0.6) is 0 Å². The third-order valence-corrected chi connectivity index (χ3v) is 5.74. The summed E-state index contributed by atoms with van der Waals surface area (Å²) in [6.45, 7) is 6.02. The fourth-order valence-corrected chi connectivity index (χ4v) is 3.90. The number of unbranched alkanes of at least 4 members (excludes halogenated alkanes) is 1. The van der Waals surface area contributed by atoms with Crippen LogP contribution >= 0.6 is 35.7 Å². The Morgan fingerprint density at radius 1 is 1.10 bits per heavy atom. The molecule has 0 aliphatic carbocycles. The smallest absolute Gasteiger partial charge is 0.190 e. The lowest BCUT2D eigenvalue weighted by molar-refractivity contribution is 0.00534. The standard InChI is InChI=1S/C22H38N4OS.HI/c1-23-22(24-13-6-7-18-28-2)25-14-8-17-27-21-11-15-26(16-12-21)19-20-9-4-3-5-10-20;/h3-5,9-10,21H,6-8,11-19H2,1-2H3,(H2,23,24,25);1H. The van der Waals surface area contributed by atoms with Crippen molar-refractivity contribution in [2.75, 3.05) is 51.8 Å². The number of guanidine groups is 1. The van der Waals surface area contributed by atoms with E-state index in [0.717, 1.165) is 64.6 Å². The first-order chi connectivity index (χ1) is 13.8. The fourth-order valence-electron chi connectivity index (χ4n) is 3.40. The Bertz CT molecular complexity index is 539. The topological polar surface area (TPSA) is 48.9 Å². The van der Waals surface area contributed by atoms with Crippen LogP contribution in [0, 0.1) is 0 Å². The van der Waals surface area contributed by atoms with Gasteiger partial charge in [-0.15, -0.1) is 24.0 Å². The highest BCUT2D eigenvalue weighted by Gasteiger charge is 2.19. The number of nitrogens with one attached hydrogen (secondary N) is 2. The van der Waals surface area contributed by atoms with Gasteiger partial charge >= 0.3 is 0 Å². The Morgan fingerprint density at radius 3 is 2.45 bits per heavy atom. The second-order valence-corrected chi connectivity index (χ2v) is 8.30. The summed E-state index contributed by atoms with van der Waals surface area (Å²) in [6.07, 6.45) is 8.30. The van der Waals surface area contributed by atoms with E-state index in [0.29, 0.717) is 6.10 Å². The summed E-state index contributed by atoms with van der Waals surface area (Å²) >= 11 is 1.91.